The number of carbonyl (C=O) groups excluding carboxylic acids is 1. The van der Waals surface area contributed by atoms with Gasteiger partial charge in [0.25, 0.3) is 0 Å². The van der Waals surface area contributed by atoms with Crippen molar-refractivity contribution < 1.29 is 9.90 Å². The van der Waals surface area contributed by atoms with Crippen molar-refractivity contribution in [3.05, 3.63) is 12.2 Å². The van der Waals surface area contributed by atoms with Crippen LogP contribution in [-0.2, 0) is 4.79 Å². The van der Waals surface area contributed by atoms with Crippen molar-refractivity contribution in [1.29, 1.82) is 0 Å². The highest BCUT2D eigenvalue weighted by atomic mass is 16.3. The highest BCUT2D eigenvalue weighted by molar-refractivity contribution is 5.87. The first kappa shape index (κ1) is 15.2. The Labute approximate surface area is 111 Å². The number of hydrogen-bond acceptors (Lipinski definition) is 2. The third kappa shape index (κ3) is 5.67. The van der Waals surface area contributed by atoms with Crippen molar-refractivity contribution in [2.75, 3.05) is 6.61 Å². The Morgan fingerprint density at radius 1 is 1.28 bits per heavy atom. The Hall–Kier alpha value is -0.830. The minimum Gasteiger partial charge on any atom is -0.396 e. The van der Waals surface area contributed by atoms with Gasteiger partial charge in [0.15, 0.2) is 0 Å². The lowest BCUT2D eigenvalue weighted by Crippen LogP contribution is -2.40. The Morgan fingerprint density at radius 3 is 2.56 bits per heavy atom. The average Bonchev–Trinajstić information content (AvgIpc) is 2.50. The van der Waals surface area contributed by atoms with E-state index in [2.05, 4.69) is 26.1 Å². The van der Waals surface area contributed by atoms with Gasteiger partial charge in [-0.05, 0) is 24.3 Å². The van der Waals surface area contributed by atoms with E-state index in [1.807, 2.05) is 6.08 Å². The average molecular weight is 253 g/mol. The van der Waals surface area contributed by atoms with Gasteiger partial charge in [-0.25, -0.2) is 0 Å². The van der Waals surface area contributed by atoms with Crippen LogP contribution in [0.15, 0.2) is 12.2 Å². The summed E-state index contributed by atoms with van der Waals surface area (Å²) in [4.78, 5) is 11.9. The van der Waals surface area contributed by atoms with E-state index in [1.165, 1.54) is 6.42 Å². The van der Waals surface area contributed by atoms with E-state index in [-0.39, 0.29) is 29.9 Å². The summed E-state index contributed by atoms with van der Waals surface area (Å²) in [7, 11) is 0. The van der Waals surface area contributed by atoms with Crippen LogP contribution in [0.1, 0.15) is 52.9 Å². The highest BCUT2D eigenvalue weighted by Crippen LogP contribution is 2.23. The lowest BCUT2D eigenvalue weighted by atomic mass is 9.95. The second-order valence-electron chi connectivity index (χ2n) is 6.40. The van der Waals surface area contributed by atoms with Crippen molar-refractivity contribution in [1.82, 2.24) is 5.32 Å². The molecule has 2 atom stereocenters. The zero-order valence-electron chi connectivity index (χ0n) is 11.9. The molecule has 3 heteroatoms. The largest absolute Gasteiger partial charge is 0.396 e. The third-order valence-electron chi connectivity index (χ3n) is 3.46. The monoisotopic (exact) mass is 253 g/mol. The molecule has 1 aliphatic carbocycles. The van der Waals surface area contributed by atoms with Gasteiger partial charge in [-0.15, -0.1) is 0 Å². The first-order valence-corrected chi connectivity index (χ1v) is 7.03. The number of hydrogen-bond donors (Lipinski definition) is 2. The molecule has 3 nitrogen and oxygen atoms in total. The lowest BCUT2D eigenvalue weighted by Gasteiger charge is -2.24. The van der Waals surface area contributed by atoms with Crippen LogP contribution < -0.4 is 5.32 Å². The molecule has 1 amide bonds. The molecule has 0 aromatic rings. The molecule has 0 heterocycles. The fourth-order valence-corrected chi connectivity index (χ4v) is 2.35. The minimum absolute atomic E-state index is 0.0250. The van der Waals surface area contributed by atoms with Gasteiger partial charge in [-0.3, -0.25) is 4.79 Å². The predicted octanol–water partition coefficient (Wildman–Crippen LogP) is 2.65. The molecule has 2 N–H and O–H groups in total. The van der Waals surface area contributed by atoms with Crippen molar-refractivity contribution in [2.24, 2.45) is 11.3 Å². The van der Waals surface area contributed by atoms with Crippen LogP contribution in [0.4, 0.5) is 0 Å². The molecule has 1 rings (SSSR count). The van der Waals surface area contributed by atoms with Gasteiger partial charge >= 0.3 is 0 Å². The molecule has 104 valence electrons. The highest BCUT2D eigenvalue weighted by Gasteiger charge is 2.23. The summed E-state index contributed by atoms with van der Waals surface area (Å²) >= 11 is 0. The number of aliphatic hydroxyl groups excluding tert-OH is 1. The SMILES string of the molecule is CC(C)(C)/C=C/C(=O)NC1CCCCCC1CO. The second kappa shape index (κ2) is 6.93. The minimum atomic E-state index is -0.0322. The zero-order chi connectivity index (χ0) is 13.6. The van der Waals surface area contributed by atoms with Gasteiger partial charge in [-0.1, -0.05) is 46.1 Å². The summed E-state index contributed by atoms with van der Waals surface area (Å²) in [5, 5.41) is 12.4. The summed E-state index contributed by atoms with van der Waals surface area (Å²) in [6, 6.07) is 0.134. The van der Waals surface area contributed by atoms with Crippen molar-refractivity contribution >= 4 is 5.91 Å². The summed E-state index contributed by atoms with van der Waals surface area (Å²) in [6.45, 7) is 6.38. The molecule has 2 unspecified atom stereocenters. The van der Waals surface area contributed by atoms with Gasteiger partial charge in [0.1, 0.15) is 0 Å². The van der Waals surface area contributed by atoms with Gasteiger partial charge in [-0.2, -0.15) is 0 Å². The zero-order valence-corrected chi connectivity index (χ0v) is 11.9. The fourth-order valence-electron chi connectivity index (χ4n) is 2.35. The maximum absolute atomic E-state index is 11.9. The standard InChI is InChI=1S/C15H27NO2/c1-15(2,3)10-9-14(18)16-13-8-6-4-5-7-12(13)11-17/h9-10,12-13,17H,4-8,11H2,1-3H3,(H,16,18)/b10-9+. The first-order chi connectivity index (χ1) is 8.42. The van der Waals surface area contributed by atoms with Crippen LogP contribution in [0.3, 0.4) is 0 Å². The molecule has 0 aliphatic heterocycles. The van der Waals surface area contributed by atoms with Gasteiger partial charge < -0.3 is 10.4 Å². The van der Waals surface area contributed by atoms with E-state index in [0.717, 1.165) is 25.7 Å². The topological polar surface area (TPSA) is 49.3 Å². The Kier molecular flexibility index (Phi) is 5.86. The molecule has 1 saturated carbocycles. The molecule has 0 saturated heterocycles. The number of allylic oxidation sites excluding steroid dienone is 1. The van der Waals surface area contributed by atoms with Crippen molar-refractivity contribution in [3.63, 3.8) is 0 Å². The Morgan fingerprint density at radius 2 is 1.94 bits per heavy atom. The third-order valence-corrected chi connectivity index (χ3v) is 3.46. The molecule has 0 spiro atoms. The fraction of sp³-hybridized carbons (Fsp3) is 0.800. The van der Waals surface area contributed by atoms with E-state index >= 15 is 0 Å². The first-order valence-electron chi connectivity index (χ1n) is 7.03. The number of rotatable bonds is 3. The van der Waals surface area contributed by atoms with E-state index in [1.54, 1.807) is 6.08 Å². The van der Waals surface area contributed by atoms with Gasteiger partial charge in [0.2, 0.25) is 5.91 Å². The van der Waals surface area contributed by atoms with Crippen LogP contribution >= 0.6 is 0 Å². The summed E-state index contributed by atoms with van der Waals surface area (Å²) in [5.41, 5.74) is 0.0250. The Bertz CT molecular complexity index is 291. The quantitative estimate of drug-likeness (QED) is 0.600. The number of aliphatic hydroxyl groups is 1. The molecule has 0 aromatic heterocycles. The van der Waals surface area contributed by atoms with Crippen molar-refractivity contribution in [3.8, 4) is 0 Å². The van der Waals surface area contributed by atoms with Crippen LogP contribution in [0.2, 0.25) is 0 Å². The predicted molar refractivity (Wildman–Crippen MR) is 74.2 cm³/mol. The smallest absolute Gasteiger partial charge is 0.243 e. The number of nitrogens with one attached hydrogen (secondary N) is 1. The molecule has 0 aromatic carbocycles. The van der Waals surface area contributed by atoms with E-state index < -0.39 is 0 Å². The van der Waals surface area contributed by atoms with Crippen molar-refractivity contribution in [2.45, 2.75) is 58.9 Å². The maximum Gasteiger partial charge on any atom is 0.243 e. The van der Waals surface area contributed by atoms with E-state index in [0.29, 0.717) is 0 Å². The van der Waals surface area contributed by atoms with Crippen LogP contribution in [0, 0.1) is 11.3 Å². The van der Waals surface area contributed by atoms with E-state index in [4.69, 9.17) is 0 Å². The number of carbonyl (C=O) groups is 1. The molecular weight excluding hydrogens is 226 g/mol. The summed E-state index contributed by atoms with van der Waals surface area (Å²) in [6.07, 6.45) is 9.07. The lowest BCUT2D eigenvalue weighted by molar-refractivity contribution is -0.117. The molecule has 0 bridgehead atoms. The molecule has 18 heavy (non-hydrogen) atoms. The Balaban J connectivity index is 2.53. The van der Waals surface area contributed by atoms with E-state index in [9.17, 15) is 9.90 Å². The molecule has 0 radical (unpaired) electrons. The molecule has 1 fully saturated rings. The van der Waals surface area contributed by atoms with Gasteiger partial charge in [0.05, 0.1) is 0 Å². The molecule has 1 aliphatic rings. The van der Waals surface area contributed by atoms with Crippen LogP contribution in [0.5, 0.6) is 0 Å². The van der Waals surface area contributed by atoms with Gasteiger partial charge in [0, 0.05) is 18.6 Å². The number of amides is 1. The second-order valence-corrected chi connectivity index (χ2v) is 6.40. The summed E-state index contributed by atoms with van der Waals surface area (Å²) < 4.78 is 0. The van der Waals surface area contributed by atoms with Crippen LogP contribution in [0.25, 0.3) is 0 Å². The van der Waals surface area contributed by atoms with Crippen LogP contribution in [-0.4, -0.2) is 23.7 Å². The normalized spacial score (nSPS) is 26.0. The maximum atomic E-state index is 11.9. The molecular formula is C15H27NO2. The summed E-state index contributed by atoms with van der Waals surface area (Å²) in [5.74, 6) is 0.190.